The van der Waals surface area contributed by atoms with E-state index in [1.165, 1.54) is 12.1 Å². The van der Waals surface area contributed by atoms with Gasteiger partial charge in [0.1, 0.15) is 18.0 Å². The fourth-order valence-electron chi connectivity index (χ4n) is 4.46. The molecule has 38 heavy (non-hydrogen) atoms. The van der Waals surface area contributed by atoms with Gasteiger partial charge in [-0.1, -0.05) is 18.2 Å². The molecule has 2 N–H and O–H groups in total. The average Bonchev–Trinajstić information content (AvgIpc) is 3.54. The number of nitrogens with zero attached hydrogens (tertiary/aromatic N) is 3. The Labute approximate surface area is 218 Å². The summed E-state index contributed by atoms with van der Waals surface area (Å²) in [5.74, 6) is -0.107. The van der Waals surface area contributed by atoms with E-state index in [4.69, 9.17) is 4.42 Å². The zero-order chi connectivity index (χ0) is 27.3. The highest BCUT2D eigenvalue weighted by molar-refractivity contribution is 5.98. The Morgan fingerprint density at radius 2 is 1.92 bits per heavy atom. The Morgan fingerprint density at radius 3 is 2.66 bits per heavy atom. The minimum absolute atomic E-state index is 0.188. The number of hydrogen-bond donors (Lipinski definition) is 2. The molecule has 1 unspecified atom stereocenters. The number of carbonyl (C=O) groups is 2. The van der Waals surface area contributed by atoms with E-state index in [-0.39, 0.29) is 30.1 Å². The number of nitrogens with one attached hydrogen (secondary N) is 2. The lowest BCUT2D eigenvalue weighted by Gasteiger charge is -2.22. The van der Waals surface area contributed by atoms with E-state index >= 15 is 0 Å². The summed E-state index contributed by atoms with van der Waals surface area (Å²) < 4.78 is 44.1. The van der Waals surface area contributed by atoms with Crippen LogP contribution in [0.2, 0.25) is 0 Å². The normalized spacial score (nSPS) is 15.6. The Kier molecular flexibility index (Phi) is 8.45. The summed E-state index contributed by atoms with van der Waals surface area (Å²) in [5, 5.41) is 5.91. The molecule has 1 aromatic carbocycles. The predicted octanol–water partition coefficient (Wildman–Crippen LogP) is 4.59. The van der Waals surface area contributed by atoms with Crippen molar-refractivity contribution in [2.24, 2.45) is 0 Å². The zero-order valence-corrected chi connectivity index (χ0v) is 21.3. The Balaban J connectivity index is 1.28. The van der Waals surface area contributed by atoms with Gasteiger partial charge in [0.05, 0.1) is 11.3 Å². The minimum atomic E-state index is -4.37. The molecule has 0 bridgehead atoms. The molecule has 1 aliphatic rings. The number of aromatic nitrogens is 2. The molecule has 2 amide bonds. The molecule has 0 saturated carbocycles. The van der Waals surface area contributed by atoms with Crippen molar-refractivity contribution in [3.63, 3.8) is 0 Å². The molecule has 0 spiro atoms. The number of oxazole rings is 1. The Hall–Kier alpha value is -3.73. The van der Waals surface area contributed by atoms with E-state index in [2.05, 4.69) is 20.6 Å². The molecule has 3 heterocycles. The minimum Gasteiger partial charge on any atom is -0.446 e. The van der Waals surface area contributed by atoms with Crippen molar-refractivity contribution in [3.05, 3.63) is 82.3 Å². The number of carbonyl (C=O) groups excluding carboxylic acids is 2. The molecule has 202 valence electrons. The summed E-state index contributed by atoms with van der Waals surface area (Å²) in [7, 11) is 0. The van der Waals surface area contributed by atoms with Crippen LogP contribution in [0.4, 0.5) is 13.2 Å². The standard InChI is InChI=1S/C27H30F3N5O3/c1-17-12-20(14-22(33-17)26(37)35-11-4-8-23(35)25-34-18(2)16-38-25)24(36)32-10-5-9-31-15-19-6-3-7-21(13-19)27(28,29)30/h3,6-7,12-14,16,23,31H,4-5,8-11,15H2,1-2H3,(H,32,36). The van der Waals surface area contributed by atoms with Gasteiger partial charge in [0.25, 0.3) is 11.8 Å². The number of hydrogen-bond acceptors (Lipinski definition) is 6. The highest BCUT2D eigenvalue weighted by Crippen LogP contribution is 2.32. The first-order chi connectivity index (χ1) is 18.1. The van der Waals surface area contributed by atoms with Gasteiger partial charge in [0, 0.05) is 30.9 Å². The number of halogens is 3. The average molecular weight is 530 g/mol. The van der Waals surface area contributed by atoms with Crippen molar-refractivity contribution in [1.82, 2.24) is 25.5 Å². The number of benzene rings is 1. The number of pyridine rings is 1. The molecule has 3 aromatic rings. The molecule has 1 aliphatic heterocycles. The summed E-state index contributed by atoms with van der Waals surface area (Å²) >= 11 is 0. The summed E-state index contributed by atoms with van der Waals surface area (Å²) in [4.78, 5) is 36.5. The first-order valence-corrected chi connectivity index (χ1v) is 12.5. The molecule has 1 atom stereocenters. The fraction of sp³-hybridized carbons (Fsp3) is 0.407. The topological polar surface area (TPSA) is 100 Å². The van der Waals surface area contributed by atoms with Gasteiger partial charge in [-0.3, -0.25) is 9.59 Å². The molecular weight excluding hydrogens is 499 g/mol. The lowest BCUT2D eigenvalue weighted by molar-refractivity contribution is -0.137. The zero-order valence-electron chi connectivity index (χ0n) is 21.3. The van der Waals surface area contributed by atoms with E-state index < -0.39 is 11.7 Å². The molecule has 1 saturated heterocycles. The van der Waals surface area contributed by atoms with Crippen LogP contribution in [-0.2, 0) is 12.7 Å². The molecule has 8 nitrogen and oxygen atoms in total. The fourth-order valence-corrected chi connectivity index (χ4v) is 4.46. The van der Waals surface area contributed by atoms with E-state index in [1.807, 2.05) is 6.92 Å². The van der Waals surface area contributed by atoms with Gasteiger partial charge >= 0.3 is 6.18 Å². The number of likely N-dealkylation sites (tertiary alicyclic amines) is 1. The predicted molar refractivity (Wildman–Crippen MR) is 133 cm³/mol. The summed E-state index contributed by atoms with van der Waals surface area (Å²) in [6.45, 7) is 5.26. The van der Waals surface area contributed by atoms with E-state index in [0.29, 0.717) is 48.8 Å². The second-order valence-corrected chi connectivity index (χ2v) is 9.35. The molecule has 4 rings (SSSR count). The quantitative estimate of drug-likeness (QED) is 0.393. The van der Waals surface area contributed by atoms with Gasteiger partial charge in [-0.05, 0) is 63.4 Å². The third-order valence-corrected chi connectivity index (χ3v) is 6.27. The maximum Gasteiger partial charge on any atom is 0.416 e. The van der Waals surface area contributed by atoms with Crippen LogP contribution in [0.15, 0.2) is 47.1 Å². The summed E-state index contributed by atoms with van der Waals surface area (Å²) in [5.41, 5.74) is 1.67. The van der Waals surface area contributed by atoms with Crippen molar-refractivity contribution in [2.45, 2.75) is 51.9 Å². The third kappa shape index (κ3) is 6.77. The number of amides is 2. The van der Waals surface area contributed by atoms with Gasteiger partial charge in [-0.2, -0.15) is 13.2 Å². The van der Waals surface area contributed by atoms with Crippen LogP contribution < -0.4 is 10.6 Å². The van der Waals surface area contributed by atoms with Crippen LogP contribution in [0, 0.1) is 13.8 Å². The monoisotopic (exact) mass is 529 g/mol. The lowest BCUT2D eigenvalue weighted by atomic mass is 10.1. The van der Waals surface area contributed by atoms with Gasteiger partial charge in [-0.25, -0.2) is 9.97 Å². The molecule has 0 radical (unpaired) electrons. The maximum atomic E-state index is 13.3. The molecule has 2 aromatic heterocycles. The van der Waals surface area contributed by atoms with Gasteiger partial charge in [-0.15, -0.1) is 0 Å². The van der Waals surface area contributed by atoms with Crippen LogP contribution in [0.1, 0.15) is 74.6 Å². The molecular formula is C27H30F3N5O3. The lowest BCUT2D eigenvalue weighted by Crippen LogP contribution is -2.32. The number of alkyl halides is 3. The highest BCUT2D eigenvalue weighted by atomic mass is 19.4. The Morgan fingerprint density at radius 1 is 1.11 bits per heavy atom. The number of rotatable bonds is 9. The van der Waals surface area contributed by atoms with Crippen LogP contribution in [0.3, 0.4) is 0 Å². The smallest absolute Gasteiger partial charge is 0.416 e. The Bertz CT molecular complexity index is 1290. The first-order valence-electron chi connectivity index (χ1n) is 12.5. The van der Waals surface area contributed by atoms with Crippen LogP contribution in [0.5, 0.6) is 0 Å². The van der Waals surface area contributed by atoms with E-state index in [0.717, 1.165) is 30.7 Å². The van der Waals surface area contributed by atoms with Crippen molar-refractivity contribution >= 4 is 11.8 Å². The van der Waals surface area contributed by atoms with E-state index in [1.54, 1.807) is 30.2 Å². The molecule has 1 fully saturated rings. The molecule has 0 aliphatic carbocycles. The van der Waals surface area contributed by atoms with Crippen LogP contribution >= 0.6 is 0 Å². The van der Waals surface area contributed by atoms with Gasteiger partial charge in [0.2, 0.25) is 5.89 Å². The van der Waals surface area contributed by atoms with Crippen molar-refractivity contribution in [2.75, 3.05) is 19.6 Å². The highest BCUT2D eigenvalue weighted by Gasteiger charge is 2.34. The molecule has 11 heteroatoms. The number of aryl methyl sites for hydroxylation is 2. The van der Waals surface area contributed by atoms with Gasteiger partial charge < -0.3 is 20.0 Å². The van der Waals surface area contributed by atoms with Crippen LogP contribution in [0.25, 0.3) is 0 Å². The summed E-state index contributed by atoms with van der Waals surface area (Å²) in [6, 6.07) is 8.03. The van der Waals surface area contributed by atoms with E-state index in [9.17, 15) is 22.8 Å². The van der Waals surface area contributed by atoms with Crippen molar-refractivity contribution in [1.29, 1.82) is 0 Å². The first kappa shape index (κ1) is 27.3. The second-order valence-electron chi connectivity index (χ2n) is 9.35. The SMILES string of the molecule is Cc1cc(C(=O)NCCCNCc2cccc(C(F)(F)F)c2)cc(C(=O)N2CCCC2c2nc(C)co2)n1. The van der Waals surface area contributed by atoms with Crippen molar-refractivity contribution in [3.8, 4) is 0 Å². The summed E-state index contributed by atoms with van der Waals surface area (Å²) in [6.07, 6.45) is -0.677. The maximum absolute atomic E-state index is 13.3. The largest absolute Gasteiger partial charge is 0.446 e. The second kappa shape index (κ2) is 11.8. The van der Waals surface area contributed by atoms with Gasteiger partial charge in [0.15, 0.2) is 0 Å². The van der Waals surface area contributed by atoms with Crippen LogP contribution in [-0.4, -0.2) is 46.3 Å². The van der Waals surface area contributed by atoms with Crippen molar-refractivity contribution < 1.29 is 27.2 Å². The third-order valence-electron chi connectivity index (χ3n) is 6.27.